The molecular formula is C11H20N2O4. The molecule has 2 amide bonds. The van der Waals surface area contributed by atoms with Gasteiger partial charge in [-0.25, -0.2) is 4.79 Å². The van der Waals surface area contributed by atoms with Crippen molar-refractivity contribution < 1.29 is 19.8 Å². The van der Waals surface area contributed by atoms with Crippen molar-refractivity contribution in [2.24, 2.45) is 0 Å². The highest BCUT2D eigenvalue weighted by molar-refractivity contribution is 5.74. The lowest BCUT2D eigenvalue weighted by Crippen LogP contribution is -2.51. The van der Waals surface area contributed by atoms with E-state index in [-0.39, 0.29) is 12.5 Å². The second kappa shape index (κ2) is 5.86. The molecule has 1 aliphatic rings. The van der Waals surface area contributed by atoms with Crippen molar-refractivity contribution in [3.63, 3.8) is 0 Å². The van der Waals surface area contributed by atoms with Crippen LogP contribution in [0.25, 0.3) is 0 Å². The van der Waals surface area contributed by atoms with Gasteiger partial charge in [0.25, 0.3) is 0 Å². The lowest BCUT2D eigenvalue weighted by molar-refractivity contribution is -0.137. The Hall–Kier alpha value is -1.30. The van der Waals surface area contributed by atoms with Gasteiger partial charge in [-0.1, -0.05) is 0 Å². The normalized spacial score (nSPS) is 24.5. The Bertz CT molecular complexity index is 291. The minimum Gasteiger partial charge on any atom is -0.481 e. The lowest BCUT2D eigenvalue weighted by Gasteiger charge is -2.36. The molecule has 1 aliphatic heterocycles. The third-order valence-corrected chi connectivity index (χ3v) is 2.81. The first-order valence-corrected chi connectivity index (χ1v) is 5.88. The van der Waals surface area contributed by atoms with Crippen LogP contribution in [-0.4, -0.2) is 52.3 Å². The Labute approximate surface area is 101 Å². The molecule has 6 heteroatoms. The third-order valence-electron chi connectivity index (χ3n) is 2.81. The van der Waals surface area contributed by atoms with Crippen molar-refractivity contribution in [3.8, 4) is 0 Å². The van der Waals surface area contributed by atoms with E-state index in [0.717, 1.165) is 6.42 Å². The first-order chi connectivity index (χ1) is 7.91. The largest absolute Gasteiger partial charge is 0.481 e. The van der Waals surface area contributed by atoms with Gasteiger partial charge in [0.05, 0.1) is 12.1 Å². The molecule has 98 valence electrons. The average molecular weight is 244 g/mol. The Balaban J connectivity index is 2.25. The fraction of sp³-hybridized carbons (Fsp3) is 0.818. The number of nitrogens with zero attached hydrogens (tertiary/aromatic N) is 1. The van der Waals surface area contributed by atoms with E-state index in [1.54, 1.807) is 11.8 Å². The van der Waals surface area contributed by atoms with Crippen LogP contribution in [0.2, 0.25) is 0 Å². The zero-order valence-electron chi connectivity index (χ0n) is 10.1. The molecule has 1 heterocycles. The molecular weight excluding hydrogens is 224 g/mol. The number of piperidine rings is 1. The maximum absolute atomic E-state index is 11.7. The van der Waals surface area contributed by atoms with E-state index in [1.807, 2.05) is 0 Å². The quantitative estimate of drug-likeness (QED) is 0.625. The zero-order valence-corrected chi connectivity index (χ0v) is 10.1. The predicted octanol–water partition coefficient (Wildman–Crippen LogP) is 0.408. The van der Waals surface area contributed by atoms with Gasteiger partial charge in [-0.3, -0.25) is 4.79 Å². The fourth-order valence-electron chi connectivity index (χ4n) is 1.94. The summed E-state index contributed by atoms with van der Waals surface area (Å²) in [6, 6.07) is -0.227. The molecule has 1 rings (SSSR count). The van der Waals surface area contributed by atoms with Crippen LogP contribution in [0.5, 0.6) is 0 Å². The van der Waals surface area contributed by atoms with Gasteiger partial charge in [0, 0.05) is 19.5 Å². The highest BCUT2D eigenvalue weighted by Gasteiger charge is 2.30. The Kier molecular flexibility index (Phi) is 4.74. The van der Waals surface area contributed by atoms with E-state index < -0.39 is 11.6 Å². The number of hydrogen-bond donors (Lipinski definition) is 3. The van der Waals surface area contributed by atoms with Crippen molar-refractivity contribution in [1.29, 1.82) is 0 Å². The number of urea groups is 1. The number of nitrogens with one attached hydrogen (secondary N) is 1. The number of rotatable bonds is 4. The number of β-amino-alcohol motifs (C(OH)–C–C–N with tert-alkyl or cyclic N) is 1. The van der Waals surface area contributed by atoms with Crippen LogP contribution in [0.4, 0.5) is 4.79 Å². The first kappa shape index (κ1) is 13.8. The van der Waals surface area contributed by atoms with Gasteiger partial charge in [-0.05, 0) is 26.2 Å². The summed E-state index contributed by atoms with van der Waals surface area (Å²) < 4.78 is 0. The van der Waals surface area contributed by atoms with Gasteiger partial charge in [-0.2, -0.15) is 0 Å². The molecule has 0 spiro atoms. The first-order valence-electron chi connectivity index (χ1n) is 5.88. The van der Waals surface area contributed by atoms with Crippen LogP contribution in [0.1, 0.15) is 32.6 Å². The molecule has 0 bridgehead atoms. The second-order valence-electron chi connectivity index (χ2n) is 4.75. The van der Waals surface area contributed by atoms with Crippen LogP contribution in [0, 0.1) is 0 Å². The predicted molar refractivity (Wildman–Crippen MR) is 61.7 cm³/mol. The minimum absolute atomic E-state index is 0.0536. The van der Waals surface area contributed by atoms with E-state index in [9.17, 15) is 14.7 Å². The van der Waals surface area contributed by atoms with Crippen LogP contribution in [-0.2, 0) is 4.79 Å². The van der Waals surface area contributed by atoms with Crippen molar-refractivity contribution in [2.45, 2.75) is 38.2 Å². The van der Waals surface area contributed by atoms with Gasteiger partial charge in [0.1, 0.15) is 0 Å². The average Bonchev–Trinajstić information content (AvgIpc) is 2.22. The number of aliphatic carboxylic acids is 1. The van der Waals surface area contributed by atoms with Gasteiger partial charge in [-0.15, -0.1) is 0 Å². The number of carboxylic acids is 1. The topological polar surface area (TPSA) is 89.9 Å². The summed E-state index contributed by atoms with van der Waals surface area (Å²) in [5, 5.41) is 20.9. The summed E-state index contributed by atoms with van der Waals surface area (Å²) in [5.74, 6) is -0.861. The molecule has 17 heavy (non-hydrogen) atoms. The maximum atomic E-state index is 11.7. The van der Waals surface area contributed by atoms with Gasteiger partial charge < -0.3 is 20.4 Å². The molecule has 0 aromatic carbocycles. The highest BCUT2D eigenvalue weighted by atomic mass is 16.4. The molecule has 0 aromatic heterocycles. The summed E-state index contributed by atoms with van der Waals surface area (Å²) >= 11 is 0. The number of carboxylic acid groups (broad SMARTS) is 1. The molecule has 1 fully saturated rings. The maximum Gasteiger partial charge on any atom is 0.317 e. The third kappa shape index (κ3) is 5.04. The summed E-state index contributed by atoms with van der Waals surface area (Å²) in [6.07, 6.45) is 1.97. The smallest absolute Gasteiger partial charge is 0.317 e. The monoisotopic (exact) mass is 244 g/mol. The highest BCUT2D eigenvalue weighted by Crippen LogP contribution is 2.19. The minimum atomic E-state index is -0.861. The van der Waals surface area contributed by atoms with E-state index >= 15 is 0 Å². The van der Waals surface area contributed by atoms with Crippen molar-refractivity contribution >= 4 is 12.0 Å². The van der Waals surface area contributed by atoms with Crippen LogP contribution < -0.4 is 5.32 Å². The second-order valence-corrected chi connectivity index (χ2v) is 4.75. The molecule has 3 N–H and O–H groups in total. The zero-order chi connectivity index (χ0) is 12.9. The Morgan fingerprint density at radius 2 is 2.18 bits per heavy atom. The summed E-state index contributed by atoms with van der Waals surface area (Å²) in [7, 11) is 0. The molecule has 0 radical (unpaired) electrons. The Morgan fingerprint density at radius 1 is 1.47 bits per heavy atom. The van der Waals surface area contributed by atoms with Crippen LogP contribution in [0.3, 0.4) is 0 Å². The molecule has 0 saturated carbocycles. The van der Waals surface area contributed by atoms with E-state index in [2.05, 4.69) is 5.32 Å². The van der Waals surface area contributed by atoms with E-state index in [4.69, 9.17) is 5.11 Å². The molecule has 1 unspecified atom stereocenters. The fourth-order valence-corrected chi connectivity index (χ4v) is 1.94. The van der Waals surface area contributed by atoms with Crippen LogP contribution >= 0.6 is 0 Å². The number of hydrogen-bond acceptors (Lipinski definition) is 3. The van der Waals surface area contributed by atoms with Gasteiger partial charge in [0.2, 0.25) is 0 Å². The molecule has 0 aliphatic carbocycles. The van der Waals surface area contributed by atoms with Crippen molar-refractivity contribution in [2.75, 3.05) is 19.6 Å². The number of carbonyl (C=O) groups is 2. The summed E-state index contributed by atoms with van der Waals surface area (Å²) in [6.45, 7) is 3.04. The molecule has 1 saturated heterocycles. The SMILES string of the molecule is CC1(O)CCCN(C(=O)NCCCC(=O)O)C1. The number of amides is 2. The Morgan fingerprint density at radius 3 is 2.76 bits per heavy atom. The molecule has 1 atom stereocenters. The van der Waals surface area contributed by atoms with E-state index in [1.165, 1.54) is 0 Å². The van der Waals surface area contributed by atoms with Gasteiger partial charge >= 0.3 is 12.0 Å². The lowest BCUT2D eigenvalue weighted by atomic mass is 9.95. The van der Waals surface area contributed by atoms with Crippen molar-refractivity contribution in [3.05, 3.63) is 0 Å². The molecule has 0 aromatic rings. The number of aliphatic hydroxyl groups is 1. The van der Waals surface area contributed by atoms with Crippen molar-refractivity contribution in [1.82, 2.24) is 10.2 Å². The van der Waals surface area contributed by atoms with Gasteiger partial charge in [0.15, 0.2) is 0 Å². The standard InChI is InChI=1S/C11H20N2O4/c1-11(17)5-3-7-13(8-11)10(16)12-6-2-4-9(14)15/h17H,2-8H2,1H3,(H,12,16)(H,14,15). The number of carbonyl (C=O) groups excluding carboxylic acids is 1. The number of likely N-dealkylation sites (tertiary alicyclic amines) is 1. The summed E-state index contributed by atoms with van der Waals surface area (Å²) in [5.41, 5.74) is -0.809. The van der Waals surface area contributed by atoms with E-state index in [0.29, 0.717) is 32.5 Å². The molecule has 6 nitrogen and oxygen atoms in total. The van der Waals surface area contributed by atoms with Crippen LogP contribution in [0.15, 0.2) is 0 Å². The summed E-state index contributed by atoms with van der Waals surface area (Å²) in [4.78, 5) is 23.5.